The number of carbonyl (C=O) groups is 2. The molecule has 2 N–H and O–H groups in total. The highest BCUT2D eigenvalue weighted by molar-refractivity contribution is 6.00. The molecule has 0 amide bonds. The van der Waals surface area contributed by atoms with Crippen LogP contribution in [0.4, 0.5) is 0 Å². The SMILES string of the molecule is CC(C)(C)c1ccc(C(=O)O)c(C(=O)O)n1. The predicted molar refractivity (Wildman–Crippen MR) is 56.9 cm³/mol. The monoisotopic (exact) mass is 223 g/mol. The first-order valence-electron chi connectivity index (χ1n) is 4.71. The quantitative estimate of drug-likeness (QED) is 0.797. The van der Waals surface area contributed by atoms with Crippen molar-refractivity contribution in [3.8, 4) is 0 Å². The van der Waals surface area contributed by atoms with E-state index in [1.807, 2.05) is 20.8 Å². The van der Waals surface area contributed by atoms with E-state index in [0.29, 0.717) is 5.69 Å². The molecule has 0 unspecified atom stereocenters. The van der Waals surface area contributed by atoms with E-state index in [-0.39, 0.29) is 11.0 Å². The van der Waals surface area contributed by atoms with Gasteiger partial charge in [-0.25, -0.2) is 14.6 Å². The lowest BCUT2D eigenvalue weighted by atomic mass is 9.91. The van der Waals surface area contributed by atoms with Crippen LogP contribution in [0.25, 0.3) is 0 Å². The summed E-state index contributed by atoms with van der Waals surface area (Å²) in [4.78, 5) is 25.5. The van der Waals surface area contributed by atoms with Crippen LogP contribution in [0.15, 0.2) is 12.1 Å². The predicted octanol–water partition coefficient (Wildman–Crippen LogP) is 1.78. The van der Waals surface area contributed by atoms with E-state index in [1.165, 1.54) is 12.1 Å². The summed E-state index contributed by atoms with van der Waals surface area (Å²) in [5.74, 6) is -2.62. The molecule has 0 spiro atoms. The molecule has 86 valence electrons. The van der Waals surface area contributed by atoms with Gasteiger partial charge in [-0.15, -0.1) is 0 Å². The third-order valence-corrected chi connectivity index (χ3v) is 2.10. The molecule has 1 heterocycles. The maximum Gasteiger partial charge on any atom is 0.355 e. The number of hydrogen-bond donors (Lipinski definition) is 2. The summed E-state index contributed by atoms with van der Waals surface area (Å²) in [6.45, 7) is 5.63. The van der Waals surface area contributed by atoms with E-state index >= 15 is 0 Å². The maximum atomic E-state index is 10.9. The average Bonchev–Trinajstić information content (AvgIpc) is 2.15. The van der Waals surface area contributed by atoms with Crippen LogP contribution in [0.5, 0.6) is 0 Å². The molecule has 1 aromatic heterocycles. The van der Waals surface area contributed by atoms with E-state index in [4.69, 9.17) is 10.2 Å². The van der Waals surface area contributed by atoms with Gasteiger partial charge in [0.1, 0.15) is 0 Å². The molecular formula is C11H13NO4. The molecule has 0 aliphatic heterocycles. The maximum absolute atomic E-state index is 10.9. The minimum absolute atomic E-state index is 0.291. The van der Waals surface area contributed by atoms with Gasteiger partial charge in [0.25, 0.3) is 0 Å². The Bertz CT molecular complexity index is 446. The fourth-order valence-corrected chi connectivity index (χ4v) is 1.21. The van der Waals surface area contributed by atoms with Crippen LogP contribution in [0.2, 0.25) is 0 Å². The van der Waals surface area contributed by atoms with Crippen molar-refractivity contribution < 1.29 is 19.8 Å². The highest BCUT2D eigenvalue weighted by Crippen LogP contribution is 2.21. The highest BCUT2D eigenvalue weighted by Gasteiger charge is 2.22. The number of rotatable bonds is 2. The molecule has 0 saturated carbocycles. The Hall–Kier alpha value is -1.91. The molecule has 5 nitrogen and oxygen atoms in total. The van der Waals surface area contributed by atoms with E-state index in [9.17, 15) is 9.59 Å². The van der Waals surface area contributed by atoms with Gasteiger partial charge in [-0.3, -0.25) is 0 Å². The van der Waals surface area contributed by atoms with Gasteiger partial charge in [-0.05, 0) is 12.1 Å². The van der Waals surface area contributed by atoms with Crippen LogP contribution in [-0.2, 0) is 5.41 Å². The van der Waals surface area contributed by atoms with Gasteiger partial charge in [0, 0.05) is 11.1 Å². The largest absolute Gasteiger partial charge is 0.478 e. The Labute approximate surface area is 92.8 Å². The van der Waals surface area contributed by atoms with Gasteiger partial charge in [0.2, 0.25) is 0 Å². The van der Waals surface area contributed by atoms with Crippen molar-refractivity contribution in [3.63, 3.8) is 0 Å². The van der Waals surface area contributed by atoms with Crippen LogP contribution in [0, 0.1) is 0 Å². The average molecular weight is 223 g/mol. The third kappa shape index (κ3) is 2.36. The summed E-state index contributed by atoms with van der Waals surface area (Å²) in [6.07, 6.45) is 0. The first-order chi connectivity index (χ1) is 7.23. The molecule has 5 heteroatoms. The summed E-state index contributed by atoms with van der Waals surface area (Å²) in [7, 11) is 0. The Balaban J connectivity index is 3.40. The zero-order chi connectivity index (χ0) is 12.5. The molecule has 0 saturated heterocycles. The molecule has 0 aromatic carbocycles. The van der Waals surface area contributed by atoms with Gasteiger partial charge in [-0.2, -0.15) is 0 Å². The molecule has 1 aromatic rings. The van der Waals surface area contributed by atoms with Crippen molar-refractivity contribution in [1.82, 2.24) is 4.98 Å². The number of aromatic carboxylic acids is 2. The van der Waals surface area contributed by atoms with Gasteiger partial charge in [0.15, 0.2) is 5.69 Å². The normalized spacial score (nSPS) is 11.2. The summed E-state index contributed by atoms with van der Waals surface area (Å²) < 4.78 is 0. The fraction of sp³-hybridized carbons (Fsp3) is 0.364. The lowest BCUT2D eigenvalue weighted by Gasteiger charge is -2.18. The lowest BCUT2D eigenvalue weighted by Crippen LogP contribution is -2.18. The van der Waals surface area contributed by atoms with Crippen LogP contribution >= 0.6 is 0 Å². The highest BCUT2D eigenvalue weighted by atomic mass is 16.4. The summed E-state index contributed by atoms with van der Waals surface area (Å²) >= 11 is 0. The molecule has 0 atom stereocenters. The Morgan fingerprint density at radius 2 is 1.69 bits per heavy atom. The number of carboxylic acids is 2. The van der Waals surface area contributed by atoms with E-state index < -0.39 is 17.6 Å². The topological polar surface area (TPSA) is 87.5 Å². The van der Waals surface area contributed by atoms with Crippen molar-refractivity contribution >= 4 is 11.9 Å². The second-order valence-corrected chi connectivity index (χ2v) is 4.45. The van der Waals surface area contributed by atoms with Gasteiger partial charge in [0.05, 0.1) is 5.56 Å². The minimum atomic E-state index is -1.33. The standard InChI is InChI=1S/C11H13NO4/c1-11(2,3)7-5-4-6(9(13)14)8(12-7)10(15)16/h4-5H,1-3H3,(H,13,14)(H,15,16). The van der Waals surface area contributed by atoms with Gasteiger partial charge in [-0.1, -0.05) is 20.8 Å². The number of pyridine rings is 1. The summed E-state index contributed by atoms with van der Waals surface area (Å²) in [5, 5.41) is 17.7. The van der Waals surface area contributed by atoms with Crippen LogP contribution in [0.1, 0.15) is 47.3 Å². The first kappa shape index (κ1) is 12.2. The molecular weight excluding hydrogens is 210 g/mol. The number of hydrogen-bond acceptors (Lipinski definition) is 3. The smallest absolute Gasteiger partial charge is 0.355 e. The van der Waals surface area contributed by atoms with Crippen LogP contribution < -0.4 is 0 Å². The second-order valence-electron chi connectivity index (χ2n) is 4.45. The molecule has 0 bridgehead atoms. The summed E-state index contributed by atoms with van der Waals surface area (Å²) in [6, 6.07) is 2.81. The molecule has 0 aliphatic rings. The number of aromatic nitrogens is 1. The molecule has 0 radical (unpaired) electrons. The Kier molecular flexibility index (Phi) is 2.98. The van der Waals surface area contributed by atoms with Crippen molar-refractivity contribution in [1.29, 1.82) is 0 Å². The van der Waals surface area contributed by atoms with E-state index in [1.54, 1.807) is 0 Å². The zero-order valence-electron chi connectivity index (χ0n) is 9.31. The third-order valence-electron chi connectivity index (χ3n) is 2.10. The number of nitrogens with zero attached hydrogens (tertiary/aromatic N) is 1. The van der Waals surface area contributed by atoms with Crippen molar-refractivity contribution in [3.05, 3.63) is 29.1 Å². The molecule has 16 heavy (non-hydrogen) atoms. The van der Waals surface area contributed by atoms with Crippen LogP contribution in [-0.4, -0.2) is 27.1 Å². The Morgan fingerprint density at radius 3 is 2.06 bits per heavy atom. The lowest BCUT2D eigenvalue weighted by molar-refractivity contribution is 0.0645. The molecule has 0 aliphatic carbocycles. The fourth-order valence-electron chi connectivity index (χ4n) is 1.21. The van der Waals surface area contributed by atoms with Crippen molar-refractivity contribution in [2.75, 3.05) is 0 Å². The van der Waals surface area contributed by atoms with Crippen molar-refractivity contribution in [2.24, 2.45) is 0 Å². The van der Waals surface area contributed by atoms with Crippen molar-refractivity contribution in [2.45, 2.75) is 26.2 Å². The van der Waals surface area contributed by atoms with Gasteiger partial charge < -0.3 is 10.2 Å². The first-order valence-corrected chi connectivity index (χ1v) is 4.71. The van der Waals surface area contributed by atoms with E-state index in [2.05, 4.69) is 4.98 Å². The second kappa shape index (κ2) is 3.92. The molecule has 0 fully saturated rings. The van der Waals surface area contributed by atoms with Gasteiger partial charge >= 0.3 is 11.9 Å². The van der Waals surface area contributed by atoms with Crippen LogP contribution in [0.3, 0.4) is 0 Å². The number of carboxylic acid groups (broad SMARTS) is 2. The summed E-state index contributed by atoms with van der Waals surface area (Å²) in [5.41, 5.74) is -0.475. The Morgan fingerprint density at radius 1 is 1.12 bits per heavy atom. The van der Waals surface area contributed by atoms with E-state index in [0.717, 1.165) is 0 Å². The minimum Gasteiger partial charge on any atom is -0.478 e. The molecule has 1 rings (SSSR count). The zero-order valence-corrected chi connectivity index (χ0v) is 9.31.